The van der Waals surface area contributed by atoms with Crippen LogP contribution in [0, 0.1) is 35.5 Å². The van der Waals surface area contributed by atoms with Gasteiger partial charge in [-0.15, -0.1) is 0 Å². The van der Waals surface area contributed by atoms with E-state index in [1.807, 2.05) is 18.2 Å². The van der Waals surface area contributed by atoms with Crippen molar-refractivity contribution < 1.29 is 92.3 Å². The number of aromatic nitrogens is 2. The predicted octanol–water partition coefficient (Wildman–Crippen LogP) is 3.61. The number of aliphatic hydroxyl groups is 2. The number of para-hydroxylation sites is 2. The highest BCUT2D eigenvalue weighted by Gasteiger charge is 2.39. The molecule has 12 atom stereocenters. The molecule has 0 saturated carbocycles. The van der Waals surface area contributed by atoms with Gasteiger partial charge in [0.2, 0.25) is 47.3 Å². The Morgan fingerprint density at radius 2 is 0.931 bits per heavy atom. The van der Waals surface area contributed by atoms with E-state index < -0.39 is 231 Å². The van der Waals surface area contributed by atoms with Crippen molar-refractivity contribution in [1.82, 2.24) is 47.2 Å². The van der Waals surface area contributed by atoms with Gasteiger partial charge in [0.05, 0.1) is 43.3 Å². The number of benzene rings is 3. The van der Waals surface area contributed by atoms with E-state index in [-0.39, 0.29) is 89.6 Å². The van der Waals surface area contributed by atoms with Crippen LogP contribution in [0.1, 0.15) is 186 Å². The highest BCUT2D eigenvalue weighted by Crippen LogP contribution is 2.28. The van der Waals surface area contributed by atoms with Crippen LogP contribution in [-0.2, 0) is 91.2 Å². The van der Waals surface area contributed by atoms with Crippen molar-refractivity contribution in [3.63, 3.8) is 0 Å². The number of carboxylic acid groups (broad SMARTS) is 1. The Balaban J connectivity index is 1.35. The lowest BCUT2D eigenvalue weighted by atomic mass is 9.84. The number of primary amides is 1. The molecule has 2 aromatic heterocycles. The number of H-pyrrole nitrogens is 2. The van der Waals surface area contributed by atoms with Crippen LogP contribution in [-0.4, -0.2) is 193 Å². The molecule has 21 N–H and O–H groups in total. The normalized spacial score (nSPS) is 14.5. The fraction of sp³-hybridized carbons (Fsp3) is 0.560. The first-order valence-electron chi connectivity index (χ1n) is 40.3. The molecule has 0 aliphatic heterocycles. The predicted molar refractivity (Wildman–Crippen MR) is 434 cm³/mol. The molecule has 5 aromatic rings. The first-order chi connectivity index (χ1) is 55.3. The van der Waals surface area contributed by atoms with Crippen molar-refractivity contribution in [1.29, 1.82) is 0 Å². The first kappa shape index (κ1) is 96.2. The second-order valence-electron chi connectivity index (χ2n) is 30.7. The van der Waals surface area contributed by atoms with Gasteiger partial charge in [0, 0.05) is 122 Å². The maximum Gasteiger partial charge on any atom is 0.322 e. The summed E-state index contributed by atoms with van der Waals surface area (Å²) < 4.78 is 0. The zero-order valence-corrected chi connectivity index (χ0v) is 67.3. The van der Waals surface area contributed by atoms with Gasteiger partial charge in [0.1, 0.15) is 24.4 Å². The number of carbonyl (C=O) groups excluding carboxylic acids is 14. The third kappa shape index (κ3) is 32.7. The molecule has 2 heterocycles. The van der Waals surface area contributed by atoms with E-state index >= 15 is 4.79 Å². The fourth-order valence-corrected chi connectivity index (χ4v) is 14.0. The standard InChI is InChI=1S/C84H121N13O19/c1-6-50(4)61(84(116)96-67(44-75(88)107)70(102)30-32-76(108)91-47-79(111)112)43-74(106)80(51(5)99)97-83(115)55(38-56-45-89-62-21-12-10-19-59(56)62)42-71(103)65(24-16-36-87)92-78(110)33-31-69(101)64(23-15-35-86)94-81(113)53(18-14-34-85)40-72(104)66(39-57-46-90-63-22-13-11-20-60(57)63)95-82(114)54(37-52-26-28-58(100)29-27-52)41-73(105)68(48-98)93-77(109)25-9-7-8-17-49(2)3/h10-13,19-22,26-29,45-46,49-51,53-55,61,64-68,80,89-90,98-100H,6-9,14-18,23-25,30-44,47-48,85-87H2,1-5H3,(H2,88,107)(H,91,108)(H,92,110)(H,93,109)(H,94,113)(H,95,114)(H,96,116)(H,97,115)(H,111,112)/t50-,51+,53-,54-,55+,61-,64+,65+,66+,67-,68+,80-/m0/s1. The smallest absolute Gasteiger partial charge is 0.322 e. The zero-order chi connectivity index (χ0) is 85.6. The SMILES string of the molecule is CC[C@H](C)[C@H](CC(=O)[C@@H](NC(=O)[C@@H](CC(=O)[C@@H](CCCN)NC(=O)CCC(=O)[C@@H](CCCN)NC(=O)[C@@H](CCCN)CC(=O)[C@@H](Cc1c[nH]c2ccccc12)NC(=O)[C@H](CC(=O)[C@@H](CO)NC(=O)CCCCCC(C)C)Cc1ccc(O)cc1)Cc1c[nH]c2ccccc12)[C@@H](C)O)C(=O)N[C@@H](CC(N)=O)C(=O)CCC(=O)NCC(=O)O. The maximum absolute atomic E-state index is 15.1. The number of hydrogen-bond acceptors (Lipinski definition) is 21. The number of phenolic OH excluding ortho intramolecular Hbond substituents is 1. The highest BCUT2D eigenvalue weighted by molar-refractivity contribution is 6.01. The van der Waals surface area contributed by atoms with Crippen molar-refractivity contribution in [3.05, 3.63) is 102 Å². The molecule has 0 radical (unpaired) electrons. The lowest BCUT2D eigenvalue weighted by Crippen LogP contribution is -2.52. The minimum absolute atomic E-state index is 0.0117. The monoisotopic (exact) mass is 1620 g/mol. The number of aliphatic carboxylic acids is 1. The Kier molecular flexibility index (Phi) is 41.6. The van der Waals surface area contributed by atoms with Gasteiger partial charge in [-0.05, 0) is 137 Å². The topological polar surface area (TPSA) is 557 Å². The van der Waals surface area contributed by atoms with Crippen molar-refractivity contribution in [2.45, 2.75) is 231 Å². The molecule has 32 heteroatoms. The van der Waals surface area contributed by atoms with E-state index in [2.05, 4.69) is 61.0 Å². The summed E-state index contributed by atoms with van der Waals surface area (Å²) in [6.07, 6.45) is 1.12. The van der Waals surface area contributed by atoms with Crippen molar-refractivity contribution in [3.8, 4) is 5.75 Å². The summed E-state index contributed by atoms with van der Waals surface area (Å²) >= 11 is 0. The number of amides is 8. The number of unbranched alkanes of at least 4 members (excludes halogenated alkanes) is 2. The second-order valence-corrected chi connectivity index (χ2v) is 30.7. The van der Waals surface area contributed by atoms with Gasteiger partial charge in [0.15, 0.2) is 34.7 Å². The van der Waals surface area contributed by atoms with Crippen molar-refractivity contribution >= 4 is 110 Å². The Morgan fingerprint density at radius 1 is 0.448 bits per heavy atom. The van der Waals surface area contributed by atoms with Crippen LogP contribution >= 0.6 is 0 Å². The van der Waals surface area contributed by atoms with E-state index in [1.54, 1.807) is 68.7 Å². The average Bonchev–Trinajstić information content (AvgIpc) is 1.64. The number of rotatable bonds is 59. The molecule has 0 fully saturated rings. The number of carboxylic acids is 1. The number of hydrogen-bond donors (Lipinski definition) is 17. The zero-order valence-electron chi connectivity index (χ0n) is 67.3. The molecule has 0 bridgehead atoms. The summed E-state index contributed by atoms with van der Waals surface area (Å²) in [5, 5.41) is 60.4. The Morgan fingerprint density at radius 3 is 1.49 bits per heavy atom. The average molecular weight is 1620 g/mol. The van der Waals surface area contributed by atoms with Gasteiger partial charge in [0.25, 0.3) is 0 Å². The summed E-state index contributed by atoms with van der Waals surface area (Å²) in [5.74, 6) is -16.5. The number of carbonyl (C=O) groups is 15. The van der Waals surface area contributed by atoms with Crippen LogP contribution < -0.4 is 60.2 Å². The summed E-state index contributed by atoms with van der Waals surface area (Å²) in [6.45, 7) is 7.62. The van der Waals surface area contributed by atoms with Gasteiger partial charge in [-0.2, -0.15) is 0 Å². The lowest BCUT2D eigenvalue weighted by Gasteiger charge is -2.28. The van der Waals surface area contributed by atoms with Crippen LogP contribution in [0.25, 0.3) is 21.8 Å². The number of ketones is 6. The highest BCUT2D eigenvalue weighted by atomic mass is 16.4. The van der Waals surface area contributed by atoms with Gasteiger partial charge >= 0.3 is 5.97 Å². The number of aromatic hydroxyl groups is 1. The quantitative estimate of drug-likeness (QED) is 0.0247. The summed E-state index contributed by atoms with van der Waals surface area (Å²) in [5.41, 5.74) is 26.5. The Labute approximate surface area is 676 Å². The number of fused-ring (bicyclic) bond motifs is 2. The van der Waals surface area contributed by atoms with Gasteiger partial charge in [-0.1, -0.05) is 102 Å². The summed E-state index contributed by atoms with van der Waals surface area (Å²) in [4.78, 5) is 214. The van der Waals surface area contributed by atoms with Crippen LogP contribution in [0.2, 0.25) is 0 Å². The lowest BCUT2D eigenvalue weighted by molar-refractivity contribution is -0.138. The van der Waals surface area contributed by atoms with E-state index in [1.165, 1.54) is 19.1 Å². The van der Waals surface area contributed by atoms with E-state index in [0.717, 1.165) is 30.2 Å². The minimum Gasteiger partial charge on any atom is -0.508 e. The largest absolute Gasteiger partial charge is 0.508 e. The number of phenols is 1. The third-order valence-corrected chi connectivity index (χ3v) is 21.0. The number of nitrogens with one attached hydrogen (secondary N) is 9. The molecule has 116 heavy (non-hydrogen) atoms. The van der Waals surface area contributed by atoms with Crippen molar-refractivity contribution in [2.24, 2.45) is 58.4 Å². The molecule has 636 valence electrons. The second kappa shape index (κ2) is 50.2. The van der Waals surface area contributed by atoms with Crippen LogP contribution in [0.15, 0.2) is 85.2 Å². The van der Waals surface area contributed by atoms with Crippen LogP contribution in [0.5, 0.6) is 5.75 Å². The molecule has 0 unspecified atom stereocenters. The molecular weight excluding hydrogens is 1490 g/mol. The molecule has 8 amide bonds. The van der Waals surface area contributed by atoms with E-state index in [4.69, 9.17) is 28.0 Å². The molecule has 0 aliphatic rings. The first-order valence-corrected chi connectivity index (χ1v) is 40.3. The molecule has 0 saturated heterocycles. The fourth-order valence-electron chi connectivity index (χ4n) is 14.0. The van der Waals surface area contributed by atoms with E-state index in [9.17, 15) is 82.4 Å². The van der Waals surface area contributed by atoms with Crippen molar-refractivity contribution in [2.75, 3.05) is 32.8 Å². The molecular formula is C84H121N13O19. The number of Topliss-reactive ketones (excluding diaryl/α,β-unsaturated/α-hetero) is 6. The number of aliphatic hydroxyl groups excluding tert-OH is 2. The maximum atomic E-state index is 15.1. The molecule has 0 aliphatic carbocycles. The van der Waals surface area contributed by atoms with Crippen LogP contribution in [0.3, 0.4) is 0 Å². The molecule has 32 nitrogen and oxygen atoms in total. The number of aromatic amines is 2. The summed E-state index contributed by atoms with van der Waals surface area (Å²) in [7, 11) is 0. The number of nitrogens with two attached hydrogens (primary N) is 4. The molecule has 0 spiro atoms. The minimum atomic E-state index is -1.68. The van der Waals surface area contributed by atoms with Gasteiger partial charge in [-0.3, -0.25) is 71.9 Å². The van der Waals surface area contributed by atoms with Gasteiger partial charge in [-0.25, -0.2) is 0 Å². The summed E-state index contributed by atoms with van der Waals surface area (Å²) in [6, 6.07) is 11.9. The molecule has 5 rings (SSSR count). The Hall–Kier alpha value is -10.4. The molecule has 3 aromatic carbocycles. The Bertz CT molecular complexity index is 4120. The van der Waals surface area contributed by atoms with Gasteiger partial charge < -0.3 is 90.5 Å². The third-order valence-electron chi connectivity index (χ3n) is 21.0. The van der Waals surface area contributed by atoms with E-state index in [0.29, 0.717) is 46.4 Å². The van der Waals surface area contributed by atoms with Crippen LogP contribution in [0.4, 0.5) is 0 Å².